The molecular weight excluding hydrogens is 458 g/mol. The fourth-order valence-corrected chi connectivity index (χ4v) is 5.22. The van der Waals surface area contributed by atoms with Crippen molar-refractivity contribution in [2.75, 3.05) is 46.4 Å². The highest BCUT2D eigenvalue weighted by Gasteiger charge is 2.34. The van der Waals surface area contributed by atoms with Gasteiger partial charge in [0.25, 0.3) is 0 Å². The smallest absolute Gasteiger partial charge is 0.232 e. The fraction of sp³-hybridized carbons (Fsp3) is 0.393. The van der Waals surface area contributed by atoms with Crippen LogP contribution in [0.15, 0.2) is 36.2 Å². The number of aromatic nitrogens is 1. The number of phenolic OH excluding ortho intramolecular Hbond substituents is 1. The SMILES string of the molecule is CCn1cc(/C=C2\Oc3c(CN4CCN(CCO)CC4)c(O)cc(C)c3C2=O)c2cc(OC)ccc21. The molecule has 2 N–H and O–H groups in total. The maximum absolute atomic E-state index is 13.5. The predicted octanol–water partition coefficient (Wildman–Crippen LogP) is 3.41. The van der Waals surface area contributed by atoms with Crippen LogP contribution in [-0.4, -0.2) is 76.8 Å². The zero-order valence-electron chi connectivity index (χ0n) is 21.1. The number of piperazine rings is 1. The number of aliphatic hydroxyl groups excluding tert-OH is 1. The molecule has 3 heterocycles. The van der Waals surface area contributed by atoms with Gasteiger partial charge in [-0.25, -0.2) is 0 Å². The standard InChI is InChI=1S/C28H33N3O5/c1-4-31-16-19(21-15-20(35-3)5-6-23(21)31)14-25-27(34)26-18(2)13-24(33)22(28(26)36-25)17-30-9-7-29(8-10-30)11-12-32/h5-6,13-16,32-33H,4,7-12,17H2,1-3H3/b25-14-. The van der Waals surface area contributed by atoms with E-state index in [0.29, 0.717) is 35.5 Å². The summed E-state index contributed by atoms with van der Waals surface area (Å²) in [7, 11) is 1.64. The highest BCUT2D eigenvalue weighted by Crippen LogP contribution is 2.43. The van der Waals surface area contributed by atoms with Gasteiger partial charge in [-0.15, -0.1) is 0 Å². The van der Waals surface area contributed by atoms with Crippen LogP contribution in [0.4, 0.5) is 0 Å². The molecule has 36 heavy (non-hydrogen) atoms. The van der Waals surface area contributed by atoms with E-state index < -0.39 is 0 Å². The number of aliphatic hydroxyl groups is 1. The molecule has 5 rings (SSSR count). The number of carbonyl (C=O) groups excluding carboxylic acids is 1. The number of aryl methyl sites for hydroxylation is 2. The van der Waals surface area contributed by atoms with E-state index in [1.165, 1.54) is 0 Å². The zero-order valence-corrected chi connectivity index (χ0v) is 21.1. The Labute approximate surface area is 210 Å². The molecule has 0 spiro atoms. The Hall–Kier alpha value is -3.33. The van der Waals surface area contributed by atoms with Gasteiger partial charge < -0.3 is 24.3 Å². The Bertz CT molecular complexity index is 1330. The normalized spacial score (nSPS) is 17.7. The van der Waals surface area contributed by atoms with Crippen LogP contribution in [-0.2, 0) is 13.1 Å². The molecule has 0 amide bonds. The Kier molecular flexibility index (Phi) is 6.75. The lowest BCUT2D eigenvalue weighted by Gasteiger charge is -2.34. The molecule has 0 unspecified atom stereocenters. The van der Waals surface area contributed by atoms with Crippen molar-refractivity contribution < 1.29 is 24.5 Å². The third kappa shape index (κ3) is 4.36. The second-order valence-electron chi connectivity index (χ2n) is 9.43. The second-order valence-corrected chi connectivity index (χ2v) is 9.43. The van der Waals surface area contributed by atoms with Crippen LogP contribution < -0.4 is 9.47 Å². The molecule has 1 fully saturated rings. The van der Waals surface area contributed by atoms with Crippen molar-refractivity contribution in [1.82, 2.24) is 14.4 Å². The molecule has 8 nitrogen and oxygen atoms in total. The number of fused-ring (bicyclic) bond motifs is 2. The number of phenols is 1. The fourth-order valence-electron chi connectivity index (χ4n) is 5.22. The van der Waals surface area contributed by atoms with E-state index in [9.17, 15) is 15.0 Å². The number of carbonyl (C=O) groups is 1. The summed E-state index contributed by atoms with van der Waals surface area (Å²) in [6, 6.07) is 7.58. The number of nitrogens with zero attached hydrogens (tertiary/aromatic N) is 3. The zero-order chi connectivity index (χ0) is 25.4. The first kappa shape index (κ1) is 24.4. The molecule has 2 aliphatic rings. The van der Waals surface area contributed by atoms with E-state index in [0.717, 1.165) is 54.9 Å². The largest absolute Gasteiger partial charge is 0.507 e. The van der Waals surface area contributed by atoms with Gasteiger partial charge in [0.15, 0.2) is 5.76 Å². The molecule has 0 radical (unpaired) electrons. The maximum atomic E-state index is 13.5. The molecule has 0 atom stereocenters. The summed E-state index contributed by atoms with van der Waals surface area (Å²) in [5, 5.41) is 21.0. The lowest BCUT2D eigenvalue weighted by atomic mass is 9.99. The number of allylic oxidation sites excluding steroid dienone is 1. The number of methoxy groups -OCH3 is 1. The second kappa shape index (κ2) is 9.97. The summed E-state index contributed by atoms with van der Waals surface area (Å²) in [6.45, 7) is 9.36. The van der Waals surface area contributed by atoms with Crippen molar-refractivity contribution >= 4 is 22.8 Å². The van der Waals surface area contributed by atoms with Gasteiger partial charge in [-0.1, -0.05) is 0 Å². The first-order chi connectivity index (χ1) is 17.4. The molecule has 2 aliphatic heterocycles. The highest BCUT2D eigenvalue weighted by molar-refractivity contribution is 6.16. The molecule has 190 valence electrons. The number of ether oxygens (including phenoxy) is 2. The Morgan fingerprint density at radius 1 is 1.14 bits per heavy atom. The van der Waals surface area contributed by atoms with Crippen molar-refractivity contribution in [3.8, 4) is 17.2 Å². The third-order valence-electron chi connectivity index (χ3n) is 7.23. The molecule has 3 aromatic rings. The first-order valence-electron chi connectivity index (χ1n) is 12.5. The lowest BCUT2D eigenvalue weighted by Crippen LogP contribution is -2.46. The molecule has 0 saturated carbocycles. The van der Waals surface area contributed by atoms with E-state index in [1.807, 2.05) is 31.3 Å². The van der Waals surface area contributed by atoms with Crippen molar-refractivity contribution in [2.45, 2.75) is 26.9 Å². The van der Waals surface area contributed by atoms with Crippen molar-refractivity contribution in [2.24, 2.45) is 0 Å². The number of aromatic hydroxyl groups is 1. The number of hydrogen-bond acceptors (Lipinski definition) is 7. The Morgan fingerprint density at radius 2 is 1.89 bits per heavy atom. The number of hydrogen-bond donors (Lipinski definition) is 2. The van der Waals surface area contributed by atoms with Crippen molar-refractivity contribution in [1.29, 1.82) is 0 Å². The summed E-state index contributed by atoms with van der Waals surface area (Å²) >= 11 is 0. The van der Waals surface area contributed by atoms with Gasteiger partial charge in [0.1, 0.15) is 17.2 Å². The summed E-state index contributed by atoms with van der Waals surface area (Å²) in [4.78, 5) is 17.9. The highest BCUT2D eigenvalue weighted by atomic mass is 16.5. The summed E-state index contributed by atoms with van der Waals surface area (Å²) < 4.78 is 13.8. The van der Waals surface area contributed by atoms with Gasteiger partial charge in [0, 0.05) is 68.5 Å². The Morgan fingerprint density at radius 3 is 2.58 bits per heavy atom. The van der Waals surface area contributed by atoms with Crippen LogP contribution in [0.3, 0.4) is 0 Å². The average Bonchev–Trinajstić information content (AvgIpc) is 3.40. The Balaban J connectivity index is 1.48. The number of ketones is 1. The number of β-amino-alcohol motifs (C(OH)–C–C–N with tert-alkyl or cyclic N) is 1. The summed E-state index contributed by atoms with van der Waals surface area (Å²) in [5.41, 5.74) is 3.80. The molecule has 1 aromatic heterocycles. The van der Waals surface area contributed by atoms with E-state index in [2.05, 4.69) is 21.3 Å². The number of benzene rings is 2. The monoisotopic (exact) mass is 491 g/mol. The molecule has 0 bridgehead atoms. The molecule has 1 saturated heterocycles. The van der Waals surface area contributed by atoms with E-state index in [1.54, 1.807) is 19.3 Å². The number of rotatable bonds is 7. The van der Waals surface area contributed by atoms with E-state index >= 15 is 0 Å². The maximum Gasteiger partial charge on any atom is 0.232 e. The predicted molar refractivity (Wildman–Crippen MR) is 139 cm³/mol. The lowest BCUT2D eigenvalue weighted by molar-refractivity contribution is 0.101. The molecule has 0 aliphatic carbocycles. The van der Waals surface area contributed by atoms with Gasteiger partial charge in [0.2, 0.25) is 5.78 Å². The van der Waals surface area contributed by atoms with Crippen molar-refractivity contribution in [3.05, 3.63) is 58.5 Å². The minimum Gasteiger partial charge on any atom is -0.507 e. The van der Waals surface area contributed by atoms with Gasteiger partial charge in [0.05, 0.1) is 24.8 Å². The van der Waals surface area contributed by atoms with Crippen LogP contribution >= 0.6 is 0 Å². The van der Waals surface area contributed by atoms with E-state index in [-0.39, 0.29) is 23.9 Å². The molecule has 8 heteroatoms. The van der Waals surface area contributed by atoms with Crippen molar-refractivity contribution in [3.63, 3.8) is 0 Å². The minimum atomic E-state index is -0.170. The van der Waals surface area contributed by atoms with Crippen LogP contribution in [0.2, 0.25) is 0 Å². The van der Waals surface area contributed by atoms with Gasteiger partial charge in [-0.3, -0.25) is 14.6 Å². The first-order valence-corrected chi connectivity index (χ1v) is 12.5. The quantitative estimate of drug-likeness (QED) is 0.490. The topological polar surface area (TPSA) is 87.4 Å². The number of Topliss-reactive ketones (excluding diaryl/α,β-unsaturated/α-hetero) is 1. The molecular formula is C28H33N3O5. The van der Waals surface area contributed by atoms with Gasteiger partial charge in [-0.2, -0.15) is 0 Å². The summed E-state index contributed by atoms with van der Waals surface area (Å²) in [5.74, 6) is 1.44. The van der Waals surface area contributed by atoms with Gasteiger partial charge in [-0.05, 0) is 49.8 Å². The summed E-state index contributed by atoms with van der Waals surface area (Å²) in [6.07, 6.45) is 3.82. The van der Waals surface area contributed by atoms with Crippen LogP contribution in [0.1, 0.15) is 34.0 Å². The van der Waals surface area contributed by atoms with Crippen LogP contribution in [0, 0.1) is 6.92 Å². The third-order valence-corrected chi connectivity index (χ3v) is 7.23. The van der Waals surface area contributed by atoms with E-state index in [4.69, 9.17) is 9.47 Å². The average molecular weight is 492 g/mol. The molecule has 2 aromatic carbocycles. The van der Waals surface area contributed by atoms with Crippen LogP contribution in [0.5, 0.6) is 17.2 Å². The van der Waals surface area contributed by atoms with Crippen LogP contribution in [0.25, 0.3) is 17.0 Å². The minimum absolute atomic E-state index is 0.144. The van der Waals surface area contributed by atoms with Gasteiger partial charge >= 0.3 is 0 Å².